The summed E-state index contributed by atoms with van der Waals surface area (Å²) in [7, 11) is 0. The Balaban J connectivity index is 1.55. The van der Waals surface area contributed by atoms with E-state index in [1.165, 1.54) is 29.2 Å². The fourth-order valence-electron chi connectivity index (χ4n) is 3.36. The summed E-state index contributed by atoms with van der Waals surface area (Å²) in [5.41, 5.74) is 1.00. The molecule has 0 aromatic heterocycles. The molecule has 2 N–H and O–H groups in total. The number of carbonyl (C=O) groups excluding carboxylic acids is 3. The number of para-hydroxylation sites is 2. The molecule has 2 aliphatic heterocycles. The predicted molar refractivity (Wildman–Crippen MR) is 96.8 cm³/mol. The third-order valence-corrected chi connectivity index (χ3v) is 4.80. The van der Waals surface area contributed by atoms with Gasteiger partial charge >= 0.3 is 0 Å². The molecule has 1 saturated heterocycles. The van der Waals surface area contributed by atoms with E-state index < -0.39 is 11.8 Å². The van der Waals surface area contributed by atoms with Crippen LogP contribution >= 0.6 is 0 Å². The fraction of sp³-hybridized carbons (Fsp3) is 0.250. The maximum Gasteiger partial charge on any atom is 0.261 e. The molecule has 0 radical (unpaired) electrons. The SMILES string of the molecule is O=C(Nc1ccccc1O)c1ccc2c(c1)C(=O)N(CC1CCCO1)C2=O. The lowest BCUT2D eigenvalue weighted by Crippen LogP contribution is -2.36. The van der Waals surface area contributed by atoms with Crippen molar-refractivity contribution in [2.45, 2.75) is 18.9 Å². The van der Waals surface area contributed by atoms with Crippen molar-refractivity contribution >= 4 is 23.4 Å². The van der Waals surface area contributed by atoms with Gasteiger partial charge in [-0.2, -0.15) is 0 Å². The number of ether oxygens (including phenoxy) is 1. The van der Waals surface area contributed by atoms with Crippen LogP contribution in [0.5, 0.6) is 5.75 Å². The zero-order valence-electron chi connectivity index (χ0n) is 14.5. The van der Waals surface area contributed by atoms with Crippen LogP contribution in [0.15, 0.2) is 42.5 Å². The number of imide groups is 1. The Morgan fingerprint density at radius 1 is 1.15 bits per heavy atom. The van der Waals surface area contributed by atoms with Crippen molar-refractivity contribution in [2.75, 3.05) is 18.5 Å². The van der Waals surface area contributed by atoms with E-state index in [0.29, 0.717) is 6.61 Å². The largest absolute Gasteiger partial charge is 0.506 e. The summed E-state index contributed by atoms with van der Waals surface area (Å²) in [6.07, 6.45) is 1.61. The molecule has 138 valence electrons. The molecule has 2 aromatic carbocycles. The number of hydrogen-bond acceptors (Lipinski definition) is 5. The van der Waals surface area contributed by atoms with Crippen LogP contribution in [0.25, 0.3) is 0 Å². The van der Waals surface area contributed by atoms with Gasteiger partial charge in [0.2, 0.25) is 0 Å². The summed E-state index contributed by atoms with van der Waals surface area (Å²) < 4.78 is 5.52. The minimum Gasteiger partial charge on any atom is -0.506 e. The third-order valence-electron chi connectivity index (χ3n) is 4.80. The number of benzene rings is 2. The maximum absolute atomic E-state index is 12.7. The standard InChI is InChI=1S/C20H18N2O5/c23-17-6-2-1-5-16(17)21-18(24)12-7-8-14-15(10-12)20(26)22(19(14)25)11-13-4-3-9-27-13/h1-2,5-8,10,13,23H,3-4,9,11H2,(H,21,24). The Hall–Kier alpha value is -3.19. The smallest absolute Gasteiger partial charge is 0.261 e. The second-order valence-electron chi connectivity index (χ2n) is 6.59. The van der Waals surface area contributed by atoms with Crippen LogP contribution in [0.1, 0.15) is 43.9 Å². The number of phenolic OH excluding ortho intramolecular Hbond substituents is 1. The van der Waals surface area contributed by atoms with E-state index in [0.717, 1.165) is 12.8 Å². The average Bonchev–Trinajstić information content (AvgIpc) is 3.26. The summed E-state index contributed by atoms with van der Waals surface area (Å²) in [5, 5.41) is 12.4. The summed E-state index contributed by atoms with van der Waals surface area (Å²) in [4.78, 5) is 38.8. The van der Waals surface area contributed by atoms with Gasteiger partial charge in [-0.3, -0.25) is 19.3 Å². The Morgan fingerprint density at radius 2 is 1.93 bits per heavy atom. The Kier molecular flexibility index (Phi) is 4.37. The Bertz CT molecular complexity index is 934. The molecule has 1 unspecified atom stereocenters. The molecular formula is C20H18N2O5. The van der Waals surface area contributed by atoms with Crippen molar-refractivity contribution in [3.05, 3.63) is 59.2 Å². The lowest BCUT2D eigenvalue weighted by molar-refractivity contribution is 0.0475. The zero-order chi connectivity index (χ0) is 19.0. The van der Waals surface area contributed by atoms with Gasteiger partial charge < -0.3 is 15.2 Å². The van der Waals surface area contributed by atoms with Crippen molar-refractivity contribution in [1.29, 1.82) is 0 Å². The topological polar surface area (TPSA) is 95.9 Å². The van der Waals surface area contributed by atoms with Crippen molar-refractivity contribution in [3.63, 3.8) is 0 Å². The van der Waals surface area contributed by atoms with Crippen molar-refractivity contribution < 1.29 is 24.2 Å². The summed E-state index contributed by atoms with van der Waals surface area (Å²) in [6, 6.07) is 10.8. The van der Waals surface area contributed by atoms with Gasteiger partial charge in [0.05, 0.1) is 29.5 Å². The quantitative estimate of drug-likeness (QED) is 0.640. The number of nitrogens with one attached hydrogen (secondary N) is 1. The number of hydrogen-bond donors (Lipinski definition) is 2. The first kappa shape index (κ1) is 17.2. The lowest BCUT2D eigenvalue weighted by atomic mass is 10.1. The molecule has 1 fully saturated rings. The normalized spacial score (nSPS) is 18.7. The Labute approximate surface area is 155 Å². The lowest BCUT2D eigenvalue weighted by Gasteiger charge is -2.17. The molecule has 1 atom stereocenters. The average molecular weight is 366 g/mol. The number of carbonyl (C=O) groups is 3. The number of rotatable bonds is 4. The summed E-state index contributed by atoms with van der Waals surface area (Å²) in [6.45, 7) is 0.871. The van der Waals surface area contributed by atoms with Crippen LogP contribution < -0.4 is 5.32 Å². The molecule has 4 rings (SSSR count). The van der Waals surface area contributed by atoms with Crippen LogP contribution in [0.4, 0.5) is 5.69 Å². The first-order valence-electron chi connectivity index (χ1n) is 8.76. The van der Waals surface area contributed by atoms with Gasteiger partial charge in [-0.1, -0.05) is 12.1 Å². The molecule has 0 bridgehead atoms. The molecule has 0 aliphatic carbocycles. The number of fused-ring (bicyclic) bond motifs is 1. The van der Waals surface area contributed by atoms with Crippen LogP contribution in [0.2, 0.25) is 0 Å². The highest BCUT2D eigenvalue weighted by Crippen LogP contribution is 2.27. The highest BCUT2D eigenvalue weighted by Gasteiger charge is 2.37. The Morgan fingerprint density at radius 3 is 2.67 bits per heavy atom. The van der Waals surface area contributed by atoms with Crippen molar-refractivity contribution in [1.82, 2.24) is 4.90 Å². The second-order valence-corrected chi connectivity index (χ2v) is 6.59. The van der Waals surface area contributed by atoms with Crippen LogP contribution in [0.3, 0.4) is 0 Å². The van der Waals surface area contributed by atoms with Gasteiger partial charge in [-0.15, -0.1) is 0 Å². The van der Waals surface area contributed by atoms with Gasteiger partial charge in [0.1, 0.15) is 5.75 Å². The molecular weight excluding hydrogens is 348 g/mol. The van der Waals surface area contributed by atoms with Gasteiger partial charge in [-0.05, 0) is 43.2 Å². The van der Waals surface area contributed by atoms with E-state index in [1.54, 1.807) is 18.2 Å². The van der Waals surface area contributed by atoms with Crippen LogP contribution in [0, 0.1) is 0 Å². The molecule has 0 spiro atoms. The number of anilines is 1. The van der Waals surface area contributed by atoms with E-state index in [-0.39, 0.29) is 46.7 Å². The summed E-state index contributed by atoms with van der Waals surface area (Å²) >= 11 is 0. The molecule has 2 aromatic rings. The number of phenols is 1. The zero-order valence-corrected chi connectivity index (χ0v) is 14.5. The van der Waals surface area contributed by atoms with Crippen molar-refractivity contribution in [3.8, 4) is 5.75 Å². The van der Waals surface area contributed by atoms with Gasteiger partial charge in [0.15, 0.2) is 0 Å². The van der Waals surface area contributed by atoms with E-state index in [9.17, 15) is 19.5 Å². The van der Waals surface area contributed by atoms with Crippen LogP contribution in [-0.2, 0) is 4.74 Å². The number of aromatic hydroxyl groups is 1. The van der Waals surface area contributed by atoms with Crippen LogP contribution in [-0.4, -0.2) is 47.0 Å². The molecule has 2 aliphatic rings. The van der Waals surface area contributed by atoms with Crippen molar-refractivity contribution in [2.24, 2.45) is 0 Å². The molecule has 3 amide bonds. The highest BCUT2D eigenvalue weighted by molar-refractivity contribution is 6.22. The van der Waals surface area contributed by atoms with Gasteiger partial charge in [-0.25, -0.2) is 0 Å². The fourth-order valence-corrected chi connectivity index (χ4v) is 3.36. The number of nitrogens with zero attached hydrogens (tertiary/aromatic N) is 1. The van der Waals surface area contributed by atoms with E-state index in [1.807, 2.05) is 0 Å². The molecule has 0 saturated carbocycles. The highest BCUT2D eigenvalue weighted by atomic mass is 16.5. The monoisotopic (exact) mass is 366 g/mol. The minimum atomic E-state index is -0.475. The molecule has 27 heavy (non-hydrogen) atoms. The first-order chi connectivity index (χ1) is 13.0. The van der Waals surface area contributed by atoms with Gasteiger partial charge in [0.25, 0.3) is 17.7 Å². The van der Waals surface area contributed by atoms with Gasteiger partial charge in [0, 0.05) is 12.2 Å². The first-order valence-corrected chi connectivity index (χ1v) is 8.76. The second kappa shape index (κ2) is 6.85. The van der Waals surface area contributed by atoms with E-state index in [2.05, 4.69) is 5.32 Å². The number of amides is 3. The molecule has 2 heterocycles. The third kappa shape index (κ3) is 3.17. The van der Waals surface area contributed by atoms with E-state index >= 15 is 0 Å². The maximum atomic E-state index is 12.7. The summed E-state index contributed by atoms with van der Waals surface area (Å²) in [5.74, 6) is -1.31. The molecule has 7 nitrogen and oxygen atoms in total. The minimum absolute atomic E-state index is 0.0546. The molecule has 7 heteroatoms. The predicted octanol–water partition coefficient (Wildman–Crippen LogP) is 2.42. The van der Waals surface area contributed by atoms with E-state index in [4.69, 9.17) is 4.74 Å².